The Hall–Kier alpha value is -3.91. The Morgan fingerprint density at radius 2 is 1.83 bits per heavy atom. The van der Waals surface area contributed by atoms with E-state index in [1.807, 2.05) is 35.7 Å². The van der Waals surface area contributed by atoms with Crippen LogP contribution in [0.5, 0.6) is 0 Å². The molecule has 0 radical (unpaired) electrons. The molecular weight excluding hydrogens is 382 g/mol. The van der Waals surface area contributed by atoms with Gasteiger partial charge in [0, 0.05) is 29.5 Å². The molecule has 0 aliphatic rings. The number of rotatable bonds is 3. The molecule has 7 nitrogen and oxygen atoms in total. The summed E-state index contributed by atoms with van der Waals surface area (Å²) in [4.78, 5) is 22.5. The fourth-order valence-electron chi connectivity index (χ4n) is 3.42. The van der Waals surface area contributed by atoms with E-state index in [-0.39, 0.29) is 0 Å². The summed E-state index contributed by atoms with van der Waals surface area (Å²) in [6.07, 6.45) is 7.11. The quantitative estimate of drug-likeness (QED) is 0.453. The van der Waals surface area contributed by atoms with Crippen molar-refractivity contribution in [2.45, 2.75) is 0 Å². The minimum Gasteiger partial charge on any atom is -0.336 e. The van der Waals surface area contributed by atoms with Crippen LogP contribution in [-0.2, 0) is 0 Å². The van der Waals surface area contributed by atoms with E-state index in [4.69, 9.17) is 4.98 Å². The lowest BCUT2D eigenvalue weighted by atomic mass is 10.1. The molecule has 8 heteroatoms. The number of hydrogen-bond acceptors (Lipinski definition) is 6. The SMILES string of the molecule is c1csc(-c2nccc3[nH]c(-c4n[nH]c5cnc(-c6ccncc6)cc45)nc23)c1. The van der Waals surface area contributed by atoms with Gasteiger partial charge in [-0.25, -0.2) is 4.98 Å². The van der Waals surface area contributed by atoms with Gasteiger partial charge in [-0.15, -0.1) is 11.3 Å². The molecule has 6 aromatic rings. The Bertz CT molecular complexity index is 1450. The van der Waals surface area contributed by atoms with Crippen LogP contribution in [0, 0.1) is 0 Å². The summed E-state index contributed by atoms with van der Waals surface area (Å²) in [7, 11) is 0. The molecule has 0 fully saturated rings. The molecule has 0 aliphatic carbocycles. The first kappa shape index (κ1) is 16.1. The second kappa shape index (κ2) is 6.32. The zero-order chi connectivity index (χ0) is 19.2. The summed E-state index contributed by atoms with van der Waals surface area (Å²) in [5, 5.41) is 10.5. The van der Waals surface area contributed by atoms with E-state index < -0.39 is 0 Å². The number of nitrogens with zero attached hydrogens (tertiary/aromatic N) is 5. The molecule has 0 saturated heterocycles. The highest BCUT2D eigenvalue weighted by Gasteiger charge is 2.17. The number of imidazole rings is 1. The van der Waals surface area contributed by atoms with Gasteiger partial charge < -0.3 is 4.98 Å². The van der Waals surface area contributed by atoms with Gasteiger partial charge in [-0.05, 0) is 35.7 Å². The number of fused-ring (bicyclic) bond motifs is 2. The molecule has 0 spiro atoms. The molecule has 0 aromatic carbocycles. The largest absolute Gasteiger partial charge is 0.336 e. The molecule has 0 bridgehead atoms. The Morgan fingerprint density at radius 1 is 0.897 bits per heavy atom. The molecule has 6 aromatic heterocycles. The lowest BCUT2D eigenvalue weighted by Crippen LogP contribution is -1.85. The summed E-state index contributed by atoms with van der Waals surface area (Å²) in [5.41, 5.74) is 6.12. The third kappa shape index (κ3) is 2.61. The lowest BCUT2D eigenvalue weighted by Gasteiger charge is -2.00. The van der Waals surface area contributed by atoms with E-state index in [0.717, 1.165) is 49.5 Å². The van der Waals surface area contributed by atoms with Gasteiger partial charge in [-0.1, -0.05) is 6.07 Å². The topological polar surface area (TPSA) is 96.0 Å². The van der Waals surface area contributed by atoms with Crippen molar-refractivity contribution in [2.24, 2.45) is 0 Å². The minimum atomic E-state index is 0.698. The third-order valence-electron chi connectivity index (χ3n) is 4.80. The second-order valence-electron chi connectivity index (χ2n) is 6.54. The predicted octanol–water partition coefficient (Wildman–Crippen LogP) is 4.69. The molecule has 0 amide bonds. The molecule has 0 saturated carbocycles. The normalized spacial score (nSPS) is 11.4. The van der Waals surface area contributed by atoms with Gasteiger partial charge in [0.05, 0.1) is 27.8 Å². The summed E-state index contributed by atoms with van der Waals surface area (Å²) in [6, 6.07) is 11.9. The van der Waals surface area contributed by atoms with Crippen LogP contribution in [0.15, 0.2) is 66.6 Å². The highest BCUT2D eigenvalue weighted by atomic mass is 32.1. The van der Waals surface area contributed by atoms with Crippen LogP contribution in [0.2, 0.25) is 0 Å². The number of aromatic amines is 2. The van der Waals surface area contributed by atoms with Crippen molar-refractivity contribution in [1.82, 2.24) is 35.1 Å². The predicted molar refractivity (Wildman–Crippen MR) is 113 cm³/mol. The summed E-state index contributed by atoms with van der Waals surface area (Å²) < 4.78 is 0. The van der Waals surface area contributed by atoms with Gasteiger partial charge in [-0.3, -0.25) is 20.1 Å². The average molecular weight is 395 g/mol. The third-order valence-corrected chi connectivity index (χ3v) is 5.68. The van der Waals surface area contributed by atoms with E-state index in [1.165, 1.54) is 0 Å². The molecule has 6 heterocycles. The fraction of sp³-hybridized carbons (Fsp3) is 0. The van der Waals surface area contributed by atoms with Crippen molar-refractivity contribution in [3.63, 3.8) is 0 Å². The van der Waals surface area contributed by atoms with Gasteiger partial charge in [-0.2, -0.15) is 5.10 Å². The van der Waals surface area contributed by atoms with E-state index in [9.17, 15) is 0 Å². The Labute approximate surface area is 168 Å². The van der Waals surface area contributed by atoms with Crippen LogP contribution < -0.4 is 0 Å². The highest BCUT2D eigenvalue weighted by Crippen LogP contribution is 2.32. The first-order valence-corrected chi connectivity index (χ1v) is 9.88. The summed E-state index contributed by atoms with van der Waals surface area (Å²) in [6.45, 7) is 0. The van der Waals surface area contributed by atoms with Crippen LogP contribution in [0.25, 0.3) is 55.3 Å². The zero-order valence-corrected chi connectivity index (χ0v) is 15.8. The molecular formula is C21H13N7S. The number of pyridine rings is 3. The molecule has 138 valence electrons. The fourth-order valence-corrected chi connectivity index (χ4v) is 4.14. The van der Waals surface area contributed by atoms with Crippen molar-refractivity contribution in [1.29, 1.82) is 0 Å². The van der Waals surface area contributed by atoms with Gasteiger partial charge in [0.1, 0.15) is 16.9 Å². The standard InChI is InChI=1S/C21H13N7S/c1-2-17(29-9-1)20-19-14(5-8-23-20)25-21(26-19)18-13-10-15(12-3-6-22-7-4-12)24-11-16(13)27-28-18/h1-11H,(H,25,26)(H,27,28). The average Bonchev–Trinajstić information content (AvgIpc) is 3.52. The van der Waals surface area contributed by atoms with Gasteiger partial charge in [0.15, 0.2) is 5.82 Å². The Morgan fingerprint density at radius 3 is 2.69 bits per heavy atom. The monoisotopic (exact) mass is 395 g/mol. The van der Waals surface area contributed by atoms with E-state index in [1.54, 1.807) is 36.1 Å². The molecule has 2 N–H and O–H groups in total. The van der Waals surface area contributed by atoms with Crippen LogP contribution >= 0.6 is 11.3 Å². The minimum absolute atomic E-state index is 0.698. The van der Waals surface area contributed by atoms with Crippen molar-refractivity contribution < 1.29 is 0 Å². The lowest BCUT2D eigenvalue weighted by molar-refractivity contribution is 1.10. The van der Waals surface area contributed by atoms with Gasteiger partial charge in [0.25, 0.3) is 0 Å². The second-order valence-corrected chi connectivity index (χ2v) is 7.49. The molecule has 29 heavy (non-hydrogen) atoms. The van der Waals surface area contributed by atoms with Crippen LogP contribution in [0.1, 0.15) is 0 Å². The maximum atomic E-state index is 4.84. The number of hydrogen-bond donors (Lipinski definition) is 2. The highest BCUT2D eigenvalue weighted by molar-refractivity contribution is 7.13. The van der Waals surface area contributed by atoms with Crippen LogP contribution in [0.3, 0.4) is 0 Å². The first-order chi connectivity index (χ1) is 14.4. The smallest absolute Gasteiger partial charge is 0.159 e. The summed E-state index contributed by atoms with van der Waals surface area (Å²) >= 11 is 1.65. The Kier molecular flexibility index (Phi) is 3.50. The maximum absolute atomic E-state index is 4.84. The maximum Gasteiger partial charge on any atom is 0.159 e. The van der Waals surface area contributed by atoms with Gasteiger partial charge >= 0.3 is 0 Å². The van der Waals surface area contributed by atoms with E-state index >= 15 is 0 Å². The molecule has 6 rings (SSSR count). The Balaban J connectivity index is 1.53. The van der Waals surface area contributed by atoms with Crippen molar-refractivity contribution in [3.05, 3.63) is 66.6 Å². The number of thiophene rings is 1. The van der Waals surface area contributed by atoms with Crippen LogP contribution in [0.4, 0.5) is 0 Å². The van der Waals surface area contributed by atoms with E-state index in [0.29, 0.717) is 5.82 Å². The van der Waals surface area contributed by atoms with Crippen LogP contribution in [-0.4, -0.2) is 35.1 Å². The summed E-state index contributed by atoms with van der Waals surface area (Å²) in [5.74, 6) is 0.698. The van der Waals surface area contributed by atoms with Crippen molar-refractivity contribution in [2.75, 3.05) is 0 Å². The van der Waals surface area contributed by atoms with E-state index in [2.05, 4.69) is 36.2 Å². The zero-order valence-electron chi connectivity index (χ0n) is 15.0. The van der Waals surface area contributed by atoms with Gasteiger partial charge in [0.2, 0.25) is 0 Å². The first-order valence-electron chi connectivity index (χ1n) is 9.00. The van der Waals surface area contributed by atoms with Crippen molar-refractivity contribution >= 4 is 33.3 Å². The molecule has 0 unspecified atom stereocenters. The number of H-pyrrole nitrogens is 2. The molecule has 0 aliphatic heterocycles. The number of nitrogens with one attached hydrogen (secondary N) is 2. The number of aromatic nitrogens is 7. The molecule has 0 atom stereocenters. The van der Waals surface area contributed by atoms with Crippen molar-refractivity contribution in [3.8, 4) is 33.3 Å².